The standard InChI is InChI=1S/C28H30N2O4/c1-16(2)15-21(26(31)29-11-13-34-14-12-29)30-27(32)24-22-17-7-3-4-8-18(17)23(25(24)28(30)33)20-10-6-5-9-19(20)22/h3-10,16,21-25H,11-15H2,1-2H3/t21-,22?,23?,24+,25+/m1/s1. The average Bonchev–Trinajstić information content (AvgIpc) is 3.13. The van der Waals surface area contributed by atoms with Crippen LogP contribution in [0.3, 0.4) is 0 Å². The molecule has 0 N–H and O–H groups in total. The van der Waals surface area contributed by atoms with Crippen molar-refractivity contribution in [1.82, 2.24) is 9.80 Å². The number of morpholine rings is 1. The van der Waals surface area contributed by atoms with Gasteiger partial charge in [0.25, 0.3) is 0 Å². The van der Waals surface area contributed by atoms with E-state index in [-0.39, 0.29) is 35.5 Å². The van der Waals surface area contributed by atoms with E-state index in [1.54, 1.807) is 4.90 Å². The maximum Gasteiger partial charge on any atom is 0.246 e. The summed E-state index contributed by atoms with van der Waals surface area (Å²) in [6, 6.07) is 15.7. The Morgan fingerprint density at radius 3 is 1.71 bits per heavy atom. The van der Waals surface area contributed by atoms with Gasteiger partial charge in [0, 0.05) is 24.9 Å². The number of likely N-dealkylation sites (tertiary alicyclic amines) is 1. The van der Waals surface area contributed by atoms with E-state index in [1.165, 1.54) is 4.90 Å². The summed E-state index contributed by atoms with van der Waals surface area (Å²) in [5.41, 5.74) is 4.59. The van der Waals surface area contributed by atoms with Gasteiger partial charge in [0.1, 0.15) is 6.04 Å². The highest BCUT2D eigenvalue weighted by Gasteiger charge is 2.63. The lowest BCUT2D eigenvalue weighted by Crippen LogP contribution is -2.54. The Kier molecular flexibility index (Phi) is 5.10. The van der Waals surface area contributed by atoms with Crippen molar-refractivity contribution in [2.75, 3.05) is 26.3 Å². The predicted molar refractivity (Wildman–Crippen MR) is 126 cm³/mol. The molecule has 2 bridgehead atoms. The molecule has 6 nitrogen and oxygen atoms in total. The lowest BCUT2D eigenvalue weighted by molar-refractivity contribution is -0.154. The lowest BCUT2D eigenvalue weighted by Gasteiger charge is -2.45. The summed E-state index contributed by atoms with van der Waals surface area (Å²) in [7, 11) is 0. The molecule has 2 heterocycles. The third-order valence-electron chi connectivity index (χ3n) is 8.10. The second-order valence-electron chi connectivity index (χ2n) is 10.4. The van der Waals surface area contributed by atoms with Gasteiger partial charge < -0.3 is 9.64 Å². The fraction of sp³-hybridized carbons (Fsp3) is 0.464. The van der Waals surface area contributed by atoms with Crippen LogP contribution >= 0.6 is 0 Å². The molecule has 5 aliphatic rings. The van der Waals surface area contributed by atoms with Gasteiger partial charge in [-0.05, 0) is 34.6 Å². The van der Waals surface area contributed by atoms with Gasteiger partial charge in [-0.3, -0.25) is 19.3 Å². The Morgan fingerprint density at radius 2 is 1.29 bits per heavy atom. The van der Waals surface area contributed by atoms with Crippen LogP contribution in [0.1, 0.15) is 54.4 Å². The smallest absolute Gasteiger partial charge is 0.246 e. The number of rotatable bonds is 4. The third-order valence-corrected chi connectivity index (χ3v) is 8.10. The number of hydrogen-bond acceptors (Lipinski definition) is 4. The summed E-state index contributed by atoms with van der Waals surface area (Å²) in [5.74, 6) is -1.51. The van der Waals surface area contributed by atoms with Gasteiger partial charge >= 0.3 is 0 Å². The van der Waals surface area contributed by atoms with Crippen molar-refractivity contribution in [1.29, 1.82) is 0 Å². The summed E-state index contributed by atoms with van der Waals surface area (Å²) >= 11 is 0. The van der Waals surface area contributed by atoms with Gasteiger partial charge in [-0.2, -0.15) is 0 Å². The zero-order valence-electron chi connectivity index (χ0n) is 19.6. The van der Waals surface area contributed by atoms with Crippen LogP contribution < -0.4 is 0 Å². The van der Waals surface area contributed by atoms with Gasteiger partial charge in [0.15, 0.2) is 0 Å². The number of hydrogen-bond donors (Lipinski definition) is 0. The SMILES string of the molecule is CC(C)C[C@H](C(=O)N1CCOCC1)N1C(=O)[C@H]2C3c4ccccc4C(c4ccccc43)[C@@H]2C1=O. The normalized spacial score (nSPS) is 28.1. The molecule has 0 radical (unpaired) electrons. The molecule has 34 heavy (non-hydrogen) atoms. The first-order valence-corrected chi connectivity index (χ1v) is 12.4. The van der Waals surface area contributed by atoms with E-state index in [1.807, 2.05) is 38.1 Å². The molecule has 7 rings (SSSR count). The van der Waals surface area contributed by atoms with Crippen molar-refractivity contribution >= 4 is 17.7 Å². The first kappa shape index (κ1) is 21.5. The van der Waals surface area contributed by atoms with Crippen molar-refractivity contribution in [2.24, 2.45) is 17.8 Å². The van der Waals surface area contributed by atoms with Crippen molar-refractivity contribution in [3.63, 3.8) is 0 Å². The molecule has 6 heteroatoms. The molecular weight excluding hydrogens is 428 g/mol. The van der Waals surface area contributed by atoms with Gasteiger partial charge in [0.05, 0.1) is 25.0 Å². The maximum atomic E-state index is 14.1. The summed E-state index contributed by atoms with van der Waals surface area (Å²) in [4.78, 5) is 44.9. The Bertz CT molecular complexity index is 1050. The molecule has 2 aliphatic heterocycles. The van der Waals surface area contributed by atoms with E-state index < -0.39 is 17.9 Å². The molecule has 2 aromatic carbocycles. The molecule has 2 aromatic rings. The molecule has 0 unspecified atom stereocenters. The molecular formula is C28H30N2O4. The van der Waals surface area contributed by atoms with Crippen LogP contribution in [-0.2, 0) is 19.1 Å². The highest BCUT2D eigenvalue weighted by Crippen LogP contribution is 2.61. The van der Waals surface area contributed by atoms with Crippen LogP contribution in [0.15, 0.2) is 48.5 Å². The fourth-order valence-electron chi connectivity index (χ4n) is 6.77. The Labute approximate surface area is 199 Å². The topological polar surface area (TPSA) is 66.9 Å². The van der Waals surface area contributed by atoms with Gasteiger partial charge in [0.2, 0.25) is 17.7 Å². The monoisotopic (exact) mass is 458 g/mol. The fourth-order valence-corrected chi connectivity index (χ4v) is 6.77. The largest absolute Gasteiger partial charge is 0.378 e. The highest BCUT2D eigenvalue weighted by molar-refractivity contribution is 6.10. The van der Waals surface area contributed by atoms with E-state index in [9.17, 15) is 14.4 Å². The van der Waals surface area contributed by atoms with Gasteiger partial charge in [-0.15, -0.1) is 0 Å². The molecule has 2 fully saturated rings. The first-order valence-electron chi connectivity index (χ1n) is 12.4. The maximum absolute atomic E-state index is 14.1. The van der Waals surface area contributed by atoms with Crippen LogP contribution in [0.25, 0.3) is 0 Å². The second-order valence-corrected chi connectivity index (χ2v) is 10.4. The van der Waals surface area contributed by atoms with Crippen molar-refractivity contribution in [2.45, 2.75) is 38.1 Å². The summed E-state index contributed by atoms with van der Waals surface area (Å²) < 4.78 is 5.42. The quantitative estimate of drug-likeness (QED) is 0.661. The van der Waals surface area contributed by atoms with Crippen molar-refractivity contribution in [3.05, 3.63) is 70.8 Å². The third kappa shape index (κ3) is 3.01. The van der Waals surface area contributed by atoms with Crippen LogP contribution in [0.4, 0.5) is 0 Å². The van der Waals surface area contributed by atoms with Crippen molar-refractivity contribution in [3.8, 4) is 0 Å². The summed E-state index contributed by atoms with van der Waals surface area (Å²) in [5, 5.41) is 0. The van der Waals surface area contributed by atoms with Gasteiger partial charge in [-0.1, -0.05) is 62.4 Å². The number of nitrogens with zero attached hydrogens (tertiary/aromatic N) is 2. The number of ether oxygens (including phenoxy) is 1. The van der Waals surface area contributed by atoms with Gasteiger partial charge in [-0.25, -0.2) is 0 Å². The van der Waals surface area contributed by atoms with E-state index in [0.717, 1.165) is 22.3 Å². The number of amides is 3. The van der Waals surface area contributed by atoms with E-state index in [2.05, 4.69) is 24.3 Å². The zero-order chi connectivity index (χ0) is 23.6. The number of carbonyl (C=O) groups is 3. The Morgan fingerprint density at radius 1 is 0.853 bits per heavy atom. The molecule has 3 aliphatic carbocycles. The number of benzene rings is 2. The number of imide groups is 1. The minimum atomic E-state index is -0.755. The molecule has 3 amide bonds. The minimum absolute atomic E-state index is 0.125. The molecule has 176 valence electrons. The molecule has 0 aromatic heterocycles. The molecule has 0 saturated carbocycles. The minimum Gasteiger partial charge on any atom is -0.378 e. The van der Waals surface area contributed by atoms with Crippen LogP contribution in [-0.4, -0.2) is 59.9 Å². The number of carbonyl (C=O) groups excluding carboxylic acids is 3. The predicted octanol–water partition coefficient (Wildman–Crippen LogP) is 3.15. The highest BCUT2D eigenvalue weighted by atomic mass is 16.5. The second kappa shape index (κ2) is 8.05. The molecule has 0 spiro atoms. The summed E-state index contributed by atoms with van der Waals surface area (Å²) in [6.45, 7) is 6.04. The van der Waals surface area contributed by atoms with E-state index >= 15 is 0 Å². The zero-order valence-corrected chi connectivity index (χ0v) is 19.6. The lowest BCUT2D eigenvalue weighted by atomic mass is 9.55. The first-order chi connectivity index (χ1) is 16.5. The Balaban J connectivity index is 1.44. The molecule has 3 atom stereocenters. The van der Waals surface area contributed by atoms with Crippen molar-refractivity contribution < 1.29 is 19.1 Å². The van der Waals surface area contributed by atoms with E-state index in [0.29, 0.717) is 32.7 Å². The van der Waals surface area contributed by atoms with Crippen LogP contribution in [0.5, 0.6) is 0 Å². The van der Waals surface area contributed by atoms with Crippen LogP contribution in [0, 0.1) is 17.8 Å². The van der Waals surface area contributed by atoms with Crippen LogP contribution in [0.2, 0.25) is 0 Å². The average molecular weight is 459 g/mol. The van der Waals surface area contributed by atoms with E-state index in [4.69, 9.17) is 4.74 Å². The molecule has 2 saturated heterocycles. The summed E-state index contributed by atoms with van der Waals surface area (Å²) in [6.07, 6.45) is 0.475. The Hall–Kier alpha value is -2.99.